The Balaban J connectivity index is 1.14. The summed E-state index contributed by atoms with van der Waals surface area (Å²) in [5.41, 5.74) is 23.7. The molecule has 0 fully saturated rings. The molecule has 0 unspecified atom stereocenters. The van der Waals surface area contributed by atoms with E-state index in [0.717, 1.165) is 17.1 Å². The van der Waals surface area contributed by atoms with Crippen molar-refractivity contribution in [3.8, 4) is 66.8 Å². The Morgan fingerprint density at radius 2 is 0.787 bits per heavy atom. The average molecular weight is 782 g/mol. The summed E-state index contributed by atoms with van der Waals surface area (Å²) in [6, 6.07) is 78.6. The van der Waals surface area contributed by atoms with Crippen LogP contribution in [0.3, 0.4) is 0 Å². The number of para-hydroxylation sites is 1. The molecule has 11 rings (SSSR count). The molecule has 0 heterocycles. The molecule has 0 radical (unpaired) electrons. The number of benzene rings is 9. The summed E-state index contributed by atoms with van der Waals surface area (Å²) < 4.78 is 0. The highest BCUT2D eigenvalue weighted by molar-refractivity contribution is 5.99. The SMILES string of the molecule is CC1(C)c2ccccc2-c2cc(-c3cccc(N(c4ccc(-c5ccccc5)c(-c5ccccc5)c4)c4ccccc4-c4cccc5c4-c4ccccc4C5(C)C)c3)ccc21. The molecule has 1 nitrogen and oxygen atoms in total. The van der Waals surface area contributed by atoms with Crippen LogP contribution in [-0.4, -0.2) is 0 Å². The van der Waals surface area contributed by atoms with E-state index in [0.29, 0.717) is 0 Å². The van der Waals surface area contributed by atoms with Gasteiger partial charge in [-0.2, -0.15) is 0 Å². The molecule has 292 valence electrons. The van der Waals surface area contributed by atoms with E-state index in [-0.39, 0.29) is 10.8 Å². The van der Waals surface area contributed by atoms with Gasteiger partial charge in [0.05, 0.1) is 5.69 Å². The fourth-order valence-electron chi connectivity index (χ4n) is 10.4. The molecule has 0 aliphatic heterocycles. The number of hydrogen-bond donors (Lipinski definition) is 0. The predicted molar refractivity (Wildman–Crippen MR) is 258 cm³/mol. The van der Waals surface area contributed by atoms with Gasteiger partial charge in [0.25, 0.3) is 0 Å². The zero-order valence-corrected chi connectivity index (χ0v) is 35.2. The summed E-state index contributed by atoms with van der Waals surface area (Å²) >= 11 is 0. The van der Waals surface area contributed by atoms with Crippen molar-refractivity contribution in [3.05, 3.63) is 235 Å². The zero-order valence-electron chi connectivity index (χ0n) is 35.2. The molecule has 2 aliphatic rings. The van der Waals surface area contributed by atoms with Crippen molar-refractivity contribution in [2.24, 2.45) is 0 Å². The molecule has 0 N–H and O–H groups in total. The summed E-state index contributed by atoms with van der Waals surface area (Å²) in [5.74, 6) is 0. The number of fused-ring (bicyclic) bond motifs is 6. The molecule has 0 spiro atoms. The van der Waals surface area contributed by atoms with Crippen LogP contribution in [0, 0.1) is 0 Å². The molecule has 0 atom stereocenters. The van der Waals surface area contributed by atoms with Crippen LogP contribution >= 0.6 is 0 Å². The lowest BCUT2D eigenvalue weighted by atomic mass is 9.82. The summed E-state index contributed by atoms with van der Waals surface area (Å²) in [5, 5.41) is 0. The van der Waals surface area contributed by atoms with Gasteiger partial charge in [-0.15, -0.1) is 0 Å². The van der Waals surface area contributed by atoms with Crippen molar-refractivity contribution < 1.29 is 0 Å². The molecule has 0 bridgehead atoms. The van der Waals surface area contributed by atoms with Gasteiger partial charge in [0.2, 0.25) is 0 Å². The van der Waals surface area contributed by atoms with E-state index in [2.05, 4.69) is 245 Å². The van der Waals surface area contributed by atoms with Crippen molar-refractivity contribution >= 4 is 17.1 Å². The van der Waals surface area contributed by atoms with Crippen molar-refractivity contribution in [1.82, 2.24) is 0 Å². The standard InChI is InChI=1S/C60H47N/c1-59(2)53-29-14-11-25-47(53)52-38-43(33-36-55(52)59)42-23-17-24-44(37-42)61(45-34-35-46(40-19-7-5-8-20-40)51(39-45)41-21-9-6-10-22-41)57-32-16-13-26-48(57)49-28-18-31-56-58(49)50-27-12-15-30-54(50)60(56,3)4/h5-39H,1-4H3. The van der Waals surface area contributed by atoms with Gasteiger partial charge in [-0.05, 0) is 120 Å². The monoisotopic (exact) mass is 781 g/mol. The lowest BCUT2D eigenvalue weighted by Crippen LogP contribution is -2.15. The summed E-state index contributed by atoms with van der Waals surface area (Å²) in [6.45, 7) is 9.43. The fourth-order valence-corrected chi connectivity index (χ4v) is 10.4. The maximum absolute atomic E-state index is 2.48. The molecule has 61 heavy (non-hydrogen) atoms. The van der Waals surface area contributed by atoms with Crippen LogP contribution in [-0.2, 0) is 10.8 Å². The zero-order chi connectivity index (χ0) is 41.3. The third kappa shape index (κ3) is 5.91. The van der Waals surface area contributed by atoms with Crippen molar-refractivity contribution in [2.75, 3.05) is 4.90 Å². The second-order valence-electron chi connectivity index (χ2n) is 17.7. The maximum atomic E-state index is 2.48. The van der Waals surface area contributed by atoms with E-state index in [1.54, 1.807) is 0 Å². The van der Waals surface area contributed by atoms with Gasteiger partial charge < -0.3 is 4.90 Å². The van der Waals surface area contributed by atoms with E-state index in [1.165, 1.54) is 89.0 Å². The molecule has 0 amide bonds. The predicted octanol–water partition coefficient (Wildman–Crippen LogP) is 16.4. The Morgan fingerprint density at radius 3 is 1.54 bits per heavy atom. The second-order valence-corrected chi connectivity index (χ2v) is 17.7. The van der Waals surface area contributed by atoms with Crippen LogP contribution in [0.2, 0.25) is 0 Å². The molecule has 0 saturated heterocycles. The second kappa shape index (κ2) is 14.2. The Hall–Kier alpha value is -7.22. The van der Waals surface area contributed by atoms with E-state index >= 15 is 0 Å². The van der Waals surface area contributed by atoms with Gasteiger partial charge in [0, 0.05) is 27.8 Å². The molecule has 0 aromatic heterocycles. The molecule has 9 aromatic carbocycles. The quantitative estimate of drug-likeness (QED) is 0.156. The molecule has 1 heteroatoms. The number of anilines is 3. The van der Waals surface area contributed by atoms with Crippen LogP contribution < -0.4 is 4.90 Å². The Bertz CT molecular complexity index is 3130. The summed E-state index contributed by atoms with van der Waals surface area (Å²) in [6.07, 6.45) is 0. The van der Waals surface area contributed by atoms with Crippen LogP contribution in [0.15, 0.2) is 212 Å². The van der Waals surface area contributed by atoms with E-state index in [4.69, 9.17) is 0 Å². The number of nitrogens with zero attached hydrogens (tertiary/aromatic N) is 1. The molecule has 9 aromatic rings. The van der Waals surface area contributed by atoms with Crippen LogP contribution in [0.1, 0.15) is 49.9 Å². The molecule has 0 saturated carbocycles. The smallest absolute Gasteiger partial charge is 0.0540 e. The first-order chi connectivity index (χ1) is 29.8. The van der Waals surface area contributed by atoms with Gasteiger partial charge in [-0.25, -0.2) is 0 Å². The van der Waals surface area contributed by atoms with Crippen molar-refractivity contribution in [1.29, 1.82) is 0 Å². The highest BCUT2D eigenvalue weighted by atomic mass is 15.1. The Labute approximate surface area is 360 Å². The van der Waals surface area contributed by atoms with Gasteiger partial charge in [-0.1, -0.05) is 204 Å². The first-order valence-corrected chi connectivity index (χ1v) is 21.5. The third-order valence-corrected chi connectivity index (χ3v) is 13.5. The highest BCUT2D eigenvalue weighted by Gasteiger charge is 2.38. The lowest BCUT2D eigenvalue weighted by molar-refractivity contribution is 0.660. The van der Waals surface area contributed by atoms with Crippen LogP contribution in [0.5, 0.6) is 0 Å². The fraction of sp³-hybridized carbons (Fsp3) is 0.100. The molecule has 2 aliphatic carbocycles. The average Bonchev–Trinajstić information content (AvgIpc) is 3.69. The first kappa shape index (κ1) is 36.8. The molecular weight excluding hydrogens is 735 g/mol. The van der Waals surface area contributed by atoms with Gasteiger partial charge in [0.15, 0.2) is 0 Å². The third-order valence-electron chi connectivity index (χ3n) is 13.5. The van der Waals surface area contributed by atoms with Gasteiger partial charge in [0.1, 0.15) is 0 Å². The molecular formula is C60H47N. The van der Waals surface area contributed by atoms with Gasteiger partial charge in [-0.3, -0.25) is 0 Å². The first-order valence-electron chi connectivity index (χ1n) is 21.5. The van der Waals surface area contributed by atoms with E-state index < -0.39 is 0 Å². The van der Waals surface area contributed by atoms with Crippen LogP contribution in [0.25, 0.3) is 66.8 Å². The number of rotatable bonds is 7. The highest BCUT2D eigenvalue weighted by Crippen LogP contribution is 2.54. The maximum Gasteiger partial charge on any atom is 0.0540 e. The van der Waals surface area contributed by atoms with E-state index in [9.17, 15) is 0 Å². The summed E-state index contributed by atoms with van der Waals surface area (Å²) in [4.78, 5) is 2.48. The lowest BCUT2D eigenvalue weighted by Gasteiger charge is -2.30. The van der Waals surface area contributed by atoms with Crippen molar-refractivity contribution in [2.45, 2.75) is 38.5 Å². The van der Waals surface area contributed by atoms with Crippen LogP contribution in [0.4, 0.5) is 17.1 Å². The topological polar surface area (TPSA) is 3.24 Å². The van der Waals surface area contributed by atoms with Gasteiger partial charge >= 0.3 is 0 Å². The summed E-state index contributed by atoms with van der Waals surface area (Å²) in [7, 11) is 0. The Kier molecular flexibility index (Phi) is 8.58. The van der Waals surface area contributed by atoms with E-state index in [1.807, 2.05) is 0 Å². The minimum Gasteiger partial charge on any atom is -0.310 e. The normalized spacial score (nSPS) is 13.8. The van der Waals surface area contributed by atoms with Crippen molar-refractivity contribution in [3.63, 3.8) is 0 Å². The minimum atomic E-state index is -0.103. The largest absolute Gasteiger partial charge is 0.310 e. The number of hydrogen-bond acceptors (Lipinski definition) is 1. The minimum absolute atomic E-state index is 0.0392. The Morgan fingerprint density at radius 1 is 0.279 bits per heavy atom.